The number of hydrogen-bond acceptors (Lipinski definition) is 3. The molecular weight excluding hydrogens is 406 g/mol. The number of nitrogens with one attached hydrogen (secondary N) is 1. The summed E-state index contributed by atoms with van der Waals surface area (Å²) >= 11 is 11.6. The van der Waals surface area contributed by atoms with Gasteiger partial charge in [0.15, 0.2) is 5.11 Å². The Morgan fingerprint density at radius 3 is 2.69 bits per heavy atom. The largest absolute Gasteiger partial charge is 0.467 e. The Kier molecular flexibility index (Phi) is 5.30. The van der Waals surface area contributed by atoms with Gasteiger partial charge in [-0.1, -0.05) is 29.8 Å². The highest BCUT2D eigenvalue weighted by Crippen LogP contribution is 2.24. The highest BCUT2D eigenvalue weighted by atomic mass is 35.5. The predicted molar refractivity (Wildman–Crippen MR) is 117 cm³/mol. The van der Waals surface area contributed by atoms with Crippen molar-refractivity contribution in [3.8, 4) is 0 Å². The molecule has 1 aromatic carbocycles. The van der Waals surface area contributed by atoms with Gasteiger partial charge in [0, 0.05) is 16.4 Å². The molecule has 148 valence electrons. The molecule has 0 unspecified atom stereocenters. The summed E-state index contributed by atoms with van der Waals surface area (Å²) in [5.41, 5.74) is 4.42. The second kappa shape index (κ2) is 7.89. The minimum atomic E-state index is -0.161. The molecule has 1 amide bonds. The highest BCUT2D eigenvalue weighted by molar-refractivity contribution is 7.80. The van der Waals surface area contributed by atoms with Gasteiger partial charge in [-0.05, 0) is 67.5 Å². The molecule has 29 heavy (non-hydrogen) atoms. The zero-order chi connectivity index (χ0) is 20.5. The molecule has 0 atom stereocenters. The third kappa shape index (κ3) is 3.86. The molecule has 4 rings (SSSR count). The molecule has 1 aliphatic heterocycles. The van der Waals surface area contributed by atoms with E-state index in [2.05, 4.69) is 16.0 Å². The van der Waals surface area contributed by atoms with Crippen LogP contribution in [0.4, 0.5) is 0 Å². The molecule has 1 saturated heterocycles. The van der Waals surface area contributed by atoms with Crippen LogP contribution < -0.4 is 5.32 Å². The molecule has 7 heteroatoms. The van der Waals surface area contributed by atoms with Crippen molar-refractivity contribution in [1.82, 2.24) is 14.8 Å². The fraction of sp³-hybridized carbons (Fsp3) is 0.182. The maximum absolute atomic E-state index is 12.9. The summed E-state index contributed by atoms with van der Waals surface area (Å²) in [6, 6.07) is 13.3. The van der Waals surface area contributed by atoms with Crippen LogP contribution in [0.5, 0.6) is 0 Å². The number of aryl methyl sites for hydroxylation is 1. The Labute approximate surface area is 179 Å². The fourth-order valence-electron chi connectivity index (χ4n) is 3.44. The van der Waals surface area contributed by atoms with Gasteiger partial charge < -0.3 is 14.3 Å². The Hall–Kier alpha value is -2.83. The number of benzene rings is 1. The number of furan rings is 1. The molecule has 3 heterocycles. The van der Waals surface area contributed by atoms with Gasteiger partial charge >= 0.3 is 0 Å². The third-order valence-corrected chi connectivity index (χ3v) is 5.75. The van der Waals surface area contributed by atoms with E-state index < -0.39 is 0 Å². The van der Waals surface area contributed by atoms with E-state index in [1.165, 1.54) is 4.90 Å². The van der Waals surface area contributed by atoms with Crippen LogP contribution in [0.1, 0.15) is 28.3 Å². The number of nitrogens with zero attached hydrogens (tertiary/aromatic N) is 2. The maximum Gasteiger partial charge on any atom is 0.276 e. The summed E-state index contributed by atoms with van der Waals surface area (Å²) in [5, 5.41) is 4.03. The van der Waals surface area contributed by atoms with Crippen LogP contribution in [-0.4, -0.2) is 20.5 Å². The molecule has 0 radical (unpaired) electrons. The molecular formula is C22H20ClN3O2S. The summed E-state index contributed by atoms with van der Waals surface area (Å²) in [7, 11) is 0. The maximum atomic E-state index is 12.9. The van der Waals surface area contributed by atoms with Crippen LogP contribution in [0.2, 0.25) is 5.02 Å². The molecule has 0 bridgehead atoms. The second-order valence-electron chi connectivity index (χ2n) is 6.96. The Morgan fingerprint density at radius 2 is 1.97 bits per heavy atom. The number of halogens is 1. The average Bonchev–Trinajstić information content (AvgIpc) is 3.36. The smallest absolute Gasteiger partial charge is 0.276 e. The van der Waals surface area contributed by atoms with Crippen LogP contribution in [0.3, 0.4) is 0 Å². The standard InChI is InChI=1S/C22H20ClN3O2S/c1-14-10-17(15(2)25(14)13-18-7-5-9-28-18)11-20-21(27)26(22(29)24-20)12-16-6-3-4-8-19(16)23/h3-11H,12-13H2,1-2H3,(H,24,29)/b20-11-. The van der Waals surface area contributed by atoms with Crippen molar-refractivity contribution in [2.24, 2.45) is 0 Å². The van der Waals surface area contributed by atoms with Crippen molar-refractivity contribution in [3.05, 3.63) is 87.7 Å². The van der Waals surface area contributed by atoms with E-state index >= 15 is 0 Å². The van der Waals surface area contributed by atoms with Crippen molar-refractivity contribution >= 4 is 40.9 Å². The van der Waals surface area contributed by atoms with Gasteiger partial charge in [0.1, 0.15) is 11.5 Å². The van der Waals surface area contributed by atoms with Gasteiger partial charge in [-0.15, -0.1) is 0 Å². The van der Waals surface area contributed by atoms with Crippen molar-refractivity contribution in [3.63, 3.8) is 0 Å². The SMILES string of the molecule is Cc1cc(/C=C2\NC(=S)N(Cc3ccccc3Cl)C2=O)c(C)n1Cc1ccco1. The number of amides is 1. The summed E-state index contributed by atoms with van der Waals surface area (Å²) in [5.74, 6) is 0.721. The first-order valence-corrected chi connectivity index (χ1v) is 9.99. The van der Waals surface area contributed by atoms with Gasteiger partial charge in [-0.3, -0.25) is 9.69 Å². The zero-order valence-corrected chi connectivity index (χ0v) is 17.7. The lowest BCUT2D eigenvalue weighted by atomic mass is 10.2. The number of carbonyl (C=O) groups is 1. The molecule has 5 nitrogen and oxygen atoms in total. The molecule has 0 saturated carbocycles. The van der Waals surface area contributed by atoms with Gasteiger partial charge in [-0.25, -0.2) is 0 Å². The minimum Gasteiger partial charge on any atom is -0.467 e. The molecule has 1 aliphatic rings. The molecule has 1 N–H and O–H groups in total. The van der Waals surface area contributed by atoms with Crippen LogP contribution in [0, 0.1) is 13.8 Å². The first-order chi connectivity index (χ1) is 13.9. The van der Waals surface area contributed by atoms with E-state index in [-0.39, 0.29) is 5.91 Å². The van der Waals surface area contributed by atoms with Crippen molar-refractivity contribution < 1.29 is 9.21 Å². The molecule has 1 fully saturated rings. The van der Waals surface area contributed by atoms with Gasteiger partial charge in [-0.2, -0.15) is 0 Å². The van der Waals surface area contributed by atoms with E-state index in [9.17, 15) is 4.79 Å². The zero-order valence-electron chi connectivity index (χ0n) is 16.1. The van der Waals surface area contributed by atoms with Gasteiger partial charge in [0.2, 0.25) is 0 Å². The summed E-state index contributed by atoms with van der Waals surface area (Å²) in [6.45, 7) is 5.04. The van der Waals surface area contributed by atoms with Crippen LogP contribution >= 0.6 is 23.8 Å². The number of thiocarbonyl (C=S) groups is 1. The molecule has 3 aromatic rings. The normalized spacial score (nSPS) is 15.4. The molecule has 2 aromatic heterocycles. The summed E-state index contributed by atoms with van der Waals surface area (Å²) in [4.78, 5) is 14.5. The summed E-state index contributed by atoms with van der Waals surface area (Å²) < 4.78 is 7.62. The number of carbonyl (C=O) groups excluding carboxylic acids is 1. The lowest BCUT2D eigenvalue weighted by molar-refractivity contribution is -0.122. The van der Waals surface area contributed by atoms with Crippen molar-refractivity contribution in [1.29, 1.82) is 0 Å². The second-order valence-corrected chi connectivity index (χ2v) is 7.76. The van der Waals surface area contributed by atoms with Crippen molar-refractivity contribution in [2.75, 3.05) is 0 Å². The lowest BCUT2D eigenvalue weighted by Crippen LogP contribution is -2.30. The van der Waals surface area contributed by atoms with Crippen LogP contribution in [0.15, 0.2) is 58.8 Å². The van der Waals surface area contributed by atoms with E-state index in [1.807, 2.05) is 50.3 Å². The number of rotatable bonds is 5. The third-order valence-electron chi connectivity index (χ3n) is 5.06. The molecule has 0 spiro atoms. The van der Waals surface area contributed by atoms with E-state index in [0.29, 0.717) is 28.9 Å². The average molecular weight is 426 g/mol. The summed E-state index contributed by atoms with van der Waals surface area (Å²) in [6.07, 6.45) is 3.52. The molecule has 0 aliphatic carbocycles. The topological polar surface area (TPSA) is 50.4 Å². The van der Waals surface area contributed by atoms with E-state index in [0.717, 1.165) is 28.3 Å². The number of hydrogen-bond donors (Lipinski definition) is 1. The Balaban J connectivity index is 1.58. The lowest BCUT2D eigenvalue weighted by Gasteiger charge is -2.14. The van der Waals surface area contributed by atoms with Gasteiger partial charge in [0.25, 0.3) is 5.91 Å². The van der Waals surface area contributed by atoms with Crippen LogP contribution in [0.25, 0.3) is 6.08 Å². The highest BCUT2D eigenvalue weighted by Gasteiger charge is 2.31. The quantitative estimate of drug-likeness (QED) is 0.477. The fourth-order valence-corrected chi connectivity index (χ4v) is 3.90. The van der Waals surface area contributed by atoms with Gasteiger partial charge in [0.05, 0.1) is 19.4 Å². The van der Waals surface area contributed by atoms with Crippen molar-refractivity contribution in [2.45, 2.75) is 26.9 Å². The number of aromatic nitrogens is 1. The van der Waals surface area contributed by atoms with E-state index in [4.69, 9.17) is 28.2 Å². The van der Waals surface area contributed by atoms with Crippen LogP contribution in [-0.2, 0) is 17.9 Å². The Morgan fingerprint density at radius 1 is 1.17 bits per heavy atom. The predicted octanol–water partition coefficient (Wildman–Crippen LogP) is 4.66. The minimum absolute atomic E-state index is 0.161. The monoisotopic (exact) mass is 425 g/mol. The first kappa shape index (κ1) is 19.5. The Bertz CT molecular complexity index is 1120. The first-order valence-electron chi connectivity index (χ1n) is 9.21. The van der Waals surface area contributed by atoms with E-state index in [1.54, 1.807) is 12.3 Å².